The molecule has 0 aromatic carbocycles. The molecule has 1 aliphatic rings. The van der Waals surface area contributed by atoms with Gasteiger partial charge in [-0.15, -0.1) is 0 Å². The number of cyclic esters (lactones) is 1. The maximum atomic E-state index is 11.1. The molecule has 1 fully saturated rings. The van der Waals surface area contributed by atoms with Gasteiger partial charge in [0.05, 0.1) is 18.4 Å². The Labute approximate surface area is 75.1 Å². The summed E-state index contributed by atoms with van der Waals surface area (Å²) in [6.45, 7) is 1.01. The zero-order valence-corrected chi connectivity index (χ0v) is 6.93. The van der Waals surface area contributed by atoms with Crippen molar-refractivity contribution in [3.8, 4) is 0 Å². The second kappa shape index (κ2) is 2.93. The fraction of sp³-hybridized carbons (Fsp3) is 0.250. The molecule has 0 aliphatic carbocycles. The van der Waals surface area contributed by atoms with E-state index in [9.17, 15) is 4.79 Å². The number of ether oxygens (including phenoxy) is 1. The van der Waals surface area contributed by atoms with Gasteiger partial charge in [-0.1, -0.05) is 0 Å². The second-order valence-corrected chi connectivity index (χ2v) is 2.71. The predicted molar refractivity (Wildman–Crippen MR) is 47.3 cm³/mol. The van der Waals surface area contributed by atoms with Gasteiger partial charge in [0.25, 0.3) is 0 Å². The maximum absolute atomic E-state index is 11.1. The van der Waals surface area contributed by atoms with Crippen LogP contribution in [0.1, 0.15) is 0 Å². The van der Waals surface area contributed by atoms with Crippen molar-refractivity contribution in [3.63, 3.8) is 0 Å². The highest BCUT2D eigenvalue weighted by atomic mass is 16.6. The molecule has 1 aliphatic heterocycles. The van der Waals surface area contributed by atoms with E-state index in [1.165, 1.54) is 4.90 Å². The molecule has 2 rings (SSSR count). The molecular formula is C8H9N3O2. The third-order valence-corrected chi connectivity index (χ3v) is 1.84. The molecule has 0 spiro atoms. The molecular weight excluding hydrogens is 170 g/mol. The van der Waals surface area contributed by atoms with Gasteiger partial charge in [-0.25, -0.2) is 9.78 Å². The van der Waals surface area contributed by atoms with Gasteiger partial charge in [0.1, 0.15) is 12.4 Å². The summed E-state index contributed by atoms with van der Waals surface area (Å²) in [7, 11) is 0. The van der Waals surface area contributed by atoms with Crippen LogP contribution in [0.25, 0.3) is 0 Å². The SMILES string of the molecule is Nc1ccc(N2CCOC2=O)cn1. The molecule has 0 atom stereocenters. The number of carbonyl (C=O) groups excluding carboxylic acids is 1. The molecule has 0 bridgehead atoms. The maximum Gasteiger partial charge on any atom is 0.414 e. The van der Waals surface area contributed by atoms with Crippen LogP contribution in [0.3, 0.4) is 0 Å². The summed E-state index contributed by atoms with van der Waals surface area (Å²) < 4.78 is 4.78. The quantitative estimate of drug-likeness (QED) is 0.686. The molecule has 0 radical (unpaired) electrons. The Morgan fingerprint density at radius 1 is 1.54 bits per heavy atom. The van der Waals surface area contributed by atoms with Crippen LogP contribution in [-0.4, -0.2) is 24.2 Å². The van der Waals surface area contributed by atoms with Crippen LogP contribution in [-0.2, 0) is 4.74 Å². The number of aromatic nitrogens is 1. The summed E-state index contributed by atoms with van der Waals surface area (Å²) >= 11 is 0. The van der Waals surface area contributed by atoms with E-state index in [0.29, 0.717) is 19.0 Å². The third kappa shape index (κ3) is 1.40. The van der Waals surface area contributed by atoms with Crippen LogP contribution < -0.4 is 10.6 Å². The Kier molecular flexibility index (Phi) is 1.77. The van der Waals surface area contributed by atoms with Gasteiger partial charge in [-0.05, 0) is 12.1 Å². The molecule has 2 heterocycles. The minimum absolute atomic E-state index is 0.327. The lowest BCUT2D eigenvalue weighted by molar-refractivity contribution is 0.181. The van der Waals surface area contributed by atoms with Crippen LogP contribution in [0, 0.1) is 0 Å². The summed E-state index contributed by atoms with van der Waals surface area (Å²) in [4.78, 5) is 16.5. The van der Waals surface area contributed by atoms with Gasteiger partial charge < -0.3 is 10.5 Å². The lowest BCUT2D eigenvalue weighted by Crippen LogP contribution is -2.23. The summed E-state index contributed by atoms with van der Waals surface area (Å²) in [5.41, 5.74) is 6.13. The largest absolute Gasteiger partial charge is 0.447 e. The highest BCUT2D eigenvalue weighted by Crippen LogP contribution is 2.17. The molecule has 5 nitrogen and oxygen atoms in total. The minimum atomic E-state index is -0.327. The molecule has 1 aromatic heterocycles. The zero-order valence-electron chi connectivity index (χ0n) is 6.93. The first-order valence-electron chi connectivity index (χ1n) is 3.93. The van der Waals surface area contributed by atoms with Gasteiger partial charge in [0, 0.05) is 0 Å². The molecule has 1 saturated heterocycles. The Hall–Kier alpha value is -1.78. The summed E-state index contributed by atoms with van der Waals surface area (Å²) in [5.74, 6) is 0.441. The van der Waals surface area contributed by atoms with Crippen molar-refractivity contribution in [3.05, 3.63) is 18.3 Å². The number of pyridine rings is 1. The van der Waals surface area contributed by atoms with E-state index in [1.807, 2.05) is 0 Å². The fourth-order valence-corrected chi connectivity index (χ4v) is 1.19. The average Bonchev–Trinajstić information content (AvgIpc) is 2.53. The monoisotopic (exact) mass is 179 g/mol. The third-order valence-electron chi connectivity index (χ3n) is 1.84. The molecule has 5 heteroatoms. The standard InChI is InChI=1S/C8H9N3O2/c9-7-2-1-6(5-10-7)11-3-4-13-8(11)12/h1-2,5H,3-4H2,(H2,9,10). The molecule has 13 heavy (non-hydrogen) atoms. The van der Waals surface area contributed by atoms with E-state index in [1.54, 1.807) is 18.3 Å². The Morgan fingerprint density at radius 3 is 2.92 bits per heavy atom. The first-order chi connectivity index (χ1) is 6.27. The van der Waals surface area contributed by atoms with Gasteiger partial charge in [0.2, 0.25) is 0 Å². The van der Waals surface area contributed by atoms with Crippen LogP contribution >= 0.6 is 0 Å². The Bertz CT molecular complexity index is 323. The Balaban J connectivity index is 2.25. The molecule has 1 amide bonds. The molecule has 0 unspecified atom stereocenters. The van der Waals surface area contributed by atoms with Gasteiger partial charge in [-0.3, -0.25) is 4.90 Å². The van der Waals surface area contributed by atoms with Crippen LogP contribution in [0.5, 0.6) is 0 Å². The molecule has 1 aromatic rings. The van der Waals surface area contributed by atoms with Crippen molar-refractivity contribution in [1.82, 2.24) is 4.98 Å². The number of amides is 1. The lowest BCUT2D eigenvalue weighted by Gasteiger charge is -2.11. The number of nitrogen functional groups attached to an aromatic ring is 1. The first-order valence-corrected chi connectivity index (χ1v) is 3.93. The topological polar surface area (TPSA) is 68.4 Å². The van der Waals surface area contributed by atoms with E-state index in [-0.39, 0.29) is 6.09 Å². The molecule has 68 valence electrons. The molecule has 0 saturated carbocycles. The normalized spacial score (nSPS) is 16.0. The van der Waals surface area contributed by atoms with E-state index in [0.717, 1.165) is 5.69 Å². The second-order valence-electron chi connectivity index (χ2n) is 2.71. The predicted octanol–water partition coefficient (Wildman–Crippen LogP) is 0.620. The summed E-state index contributed by atoms with van der Waals surface area (Å²) in [6.07, 6.45) is 1.23. The van der Waals surface area contributed by atoms with Crippen molar-refractivity contribution in [2.45, 2.75) is 0 Å². The smallest absolute Gasteiger partial charge is 0.414 e. The van der Waals surface area contributed by atoms with Crippen molar-refractivity contribution in [1.29, 1.82) is 0 Å². The van der Waals surface area contributed by atoms with Crippen LogP contribution in [0.15, 0.2) is 18.3 Å². The Morgan fingerprint density at radius 2 is 2.38 bits per heavy atom. The van der Waals surface area contributed by atoms with Gasteiger partial charge >= 0.3 is 6.09 Å². The number of nitrogens with two attached hydrogens (primary N) is 1. The van der Waals surface area contributed by atoms with Crippen LogP contribution in [0.2, 0.25) is 0 Å². The first kappa shape index (κ1) is 7.85. The van der Waals surface area contributed by atoms with E-state index in [4.69, 9.17) is 10.5 Å². The van der Waals surface area contributed by atoms with Crippen LogP contribution in [0.4, 0.5) is 16.3 Å². The number of hydrogen-bond acceptors (Lipinski definition) is 4. The van der Waals surface area contributed by atoms with Crippen molar-refractivity contribution in [2.24, 2.45) is 0 Å². The highest BCUT2D eigenvalue weighted by Gasteiger charge is 2.23. The number of nitrogens with zero attached hydrogens (tertiary/aromatic N) is 2. The highest BCUT2D eigenvalue weighted by molar-refractivity contribution is 5.89. The summed E-state index contributed by atoms with van der Waals surface area (Å²) in [5, 5.41) is 0. The molecule has 2 N–H and O–H groups in total. The number of anilines is 2. The van der Waals surface area contributed by atoms with E-state index < -0.39 is 0 Å². The minimum Gasteiger partial charge on any atom is -0.447 e. The van der Waals surface area contributed by atoms with Crippen molar-refractivity contribution in [2.75, 3.05) is 23.8 Å². The van der Waals surface area contributed by atoms with Gasteiger partial charge in [0.15, 0.2) is 0 Å². The average molecular weight is 179 g/mol. The number of carbonyl (C=O) groups is 1. The fourth-order valence-electron chi connectivity index (χ4n) is 1.19. The van der Waals surface area contributed by atoms with Gasteiger partial charge in [-0.2, -0.15) is 0 Å². The van der Waals surface area contributed by atoms with E-state index >= 15 is 0 Å². The van der Waals surface area contributed by atoms with Crippen molar-refractivity contribution >= 4 is 17.6 Å². The van der Waals surface area contributed by atoms with E-state index in [2.05, 4.69) is 4.98 Å². The number of hydrogen-bond donors (Lipinski definition) is 1. The van der Waals surface area contributed by atoms with Crippen molar-refractivity contribution < 1.29 is 9.53 Å². The summed E-state index contributed by atoms with van der Waals surface area (Å²) in [6, 6.07) is 3.40. The zero-order chi connectivity index (χ0) is 9.26. The number of rotatable bonds is 1. The lowest BCUT2D eigenvalue weighted by atomic mass is 10.4.